The number of alkyl halides is 3. The summed E-state index contributed by atoms with van der Waals surface area (Å²) in [6.07, 6.45) is 0.249. The topological polar surface area (TPSA) is 75.7 Å². The molecule has 0 bridgehead atoms. The Labute approximate surface area is 178 Å². The van der Waals surface area contributed by atoms with Gasteiger partial charge in [0.25, 0.3) is 11.7 Å². The number of amides is 1. The van der Waals surface area contributed by atoms with Gasteiger partial charge in [-0.05, 0) is 43.2 Å². The molecule has 1 heterocycles. The number of nitrogens with one attached hydrogen (secondary N) is 1. The van der Waals surface area contributed by atoms with Crippen LogP contribution in [0.1, 0.15) is 42.9 Å². The molecule has 1 N–H and O–H groups in total. The normalized spacial score (nSPS) is 19.7. The van der Waals surface area contributed by atoms with Gasteiger partial charge in [0, 0.05) is 25.4 Å². The Balaban J connectivity index is 1.40. The van der Waals surface area contributed by atoms with Gasteiger partial charge in [0.15, 0.2) is 6.61 Å². The van der Waals surface area contributed by atoms with E-state index in [4.69, 9.17) is 4.74 Å². The average Bonchev–Trinajstić information content (AvgIpc) is 2.75. The van der Waals surface area contributed by atoms with Crippen LogP contribution in [0, 0.1) is 5.92 Å². The van der Waals surface area contributed by atoms with E-state index in [0.717, 1.165) is 31.0 Å². The van der Waals surface area contributed by atoms with E-state index in [1.165, 1.54) is 5.56 Å². The molecule has 1 saturated heterocycles. The molecule has 0 unspecified atom stereocenters. The summed E-state index contributed by atoms with van der Waals surface area (Å²) in [5.74, 6) is -3.19. The number of fused-ring (bicyclic) bond motifs is 1. The van der Waals surface area contributed by atoms with Crippen LogP contribution in [0.2, 0.25) is 0 Å². The van der Waals surface area contributed by atoms with Crippen LogP contribution in [-0.2, 0) is 25.5 Å². The van der Waals surface area contributed by atoms with E-state index in [0.29, 0.717) is 32.0 Å². The Morgan fingerprint density at radius 3 is 2.55 bits per heavy atom. The monoisotopic (exact) mass is 438 g/mol. The minimum atomic E-state index is -4.89. The van der Waals surface area contributed by atoms with Crippen molar-refractivity contribution in [3.8, 4) is 0 Å². The molecule has 0 saturated carbocycles. The second-order valence-corrected chi connectivity index (χ2v) is 7.81. The first-order valence-corrected chi connectivity index (χ1v) is 10.3. The molecular weight excluding hydrogens is 413 g/mol. The molecule has 0 radical (unpaired) electrons. The zero-order chi connectivity index (χ0) is 22.4. The number of ether oxygens (including phenoxy) is 1. The van der Waals surface area contributed by atoms with Crippen molar-refractivity contribution in [1.82, 2.24) is 10.2 Å². The molecule has 31 heavy (non-hydrogen) atoms. The number of halogens is 3. The predicted molar refractivity (Wildman–Crippen MR) is 106 cm³/mol. The zero-order valence-corrected chi connectivity index (χ0v) is 17.0. The Hall–Kier alpha value is -2.84. The maximum atomic E-state index is 12.3. The van der Waals surface area contributed by atoms with Crippen molar-refractivity contribution in [2.75, 3.05) is 19.7 Å². The average molecular weight is 438 g/mol. The van der Waals surface area contributed by atoms with E-state index in [9.17, 15) is 27.6 Å². The third kappa shape index (κ3) is 6.32. The van der Waals surface area contributed by atoms with Crippen LogP contribution < -0.4 is 5.32 Å². The van der Waals surface area contributed by atoms with E-state index in [2.05, 4.69) is 5.32 Å². The lowest BCUT2D eigenvalue weighted by atomic mass is 9.88. The standard InChI is InChI=1S/C22H25F3N2O4/c23-22(24,25)19(28)10-13-27-11-8-16(9-12-27)21(30)31-14-20(29)26-18-7-3-5-15-4-1-2-6-17(15)18/h1-2,4,6,10,13,16,18H,3,5,7-9,11-12,14H2,(H,26,29)/t18-/m1/s1. The smallest absolute Gasteiger partial charge is 0.454 e. The first kappa shape index (κ1) is 22.8. The van der Waals surface area contributed by atoms with Crippen molar-refractivity contribution >= 4 is 17.7 Å². The van der Waals surface area contributed by atoms with Crippen LogP contribution in [0.3, 0.4) is 0 Å². The van der Waals surface area contributed by atoms with Crippen LogP contribution in [0.4, 0.5) is 13.2 Å². The van der Waals surface area contributed by atoms with Gasteiger partial charge in [0.05, 0.1) is 12.0 Å². The number of hydrogen-bond acceptors (Lipinski definition) is 5. The number of rotatable bonds is 6. The van der Waals surface area contributed by atoms with E-state index in [1.807, 2.05) is 24.3 Å². The van der Waals surface area contributed by atoms with Gasteiger partial charge in [-0.25, -0.2) is 0 Å². The van der Waals surface area contributed by atoms with Crippen molar-refractivity contribution in [3.63, 3.8) is 0 Å². The molecule has 0 aromatic heterocycles. The number of carbonyl (C=O) groups excluding carboxylic acids is 3. The Morgan fingerprint density at radius 2 is 1.84 bits per heavy atom. The Kier molecular flexibility index (Phi) is 7.35. The van der Waals surface area contributed by atoms with Crippen LogP contribution in [0.25, 0.3) is 0 Å². The Bertz CT molecular complexity index is 845. The quantitative estimate of drug-likeness (QED) is 0.546. The molecule has 1 aliphatic carbocycles. The lowest BCUT2D eigenvalue weighted by Gasteiger charge is -2.30. The van der Waals surface area contributed by atoms with Crippen molar-refractivity contribution < 1.29 is 32.3 Å². The molecule has 9 heteroatoms. The molecule has 1 aromatic carbocycles. The maximum Gasteiger partial charge on any atom is 0.454 e. The summed E-state index contributed by atoms with van der Waals surface area (Å²) in [6, 6.07) is 7.86. The summed E-state index contributed by atoms with van der Waals surface area (Å²) in [6.45, 7) is 0.288. The summed E-state index contributed by atoms with van der Waals surface area (Å²) in [5, 5.41) is 2.92. The number of allylic oxidation sites excluding steroid dienone is 1. The highest BCUT2D eigenvalue weighted by atomic mass is 19.4. The number of hydrogen-bond donors (Lipinski definition) is 1. The number of benzene rings is 1. The number of esters is 1. The van der Waals surface area contributed by atoms with E-state index in [-0.39, 0.29) is 18.6 Å². The zero-order valence-electron chi connectivity index (χ0n) is 17.0. The van der Waals surface area contributed by atoms with Gasteiger partial charge in [-0.2, -0.15) is 13.2 Å². The highest BCUT2D eigenvalue weighted by Crippen LogP contribution is 2.29. The number of piperidine rings is 1. The SMILES string of the molecule is O=C(COC(=O)C1CCN(C=CC(=O)C(F)(F)F)CC1)N[C@@H]1CCCc2ccccc21. The maximum absolute atomic E-state index is 12.3. The molecule has 3 rings (SSSR count). The number of aryl methyl sites for hydroxylation is 1. The molecule has 1 fully saturated rings. The third-order valence-corrected chi connectivity index (χ3v) is 5.63. The first-order chi connectivity index (χ1) is 14.7. The summed E-state index contributed by atoms with van der Waals surface area (Å²) in [4.78, 5) is 37.0. The van der Waals surface area contributed by atoms with E-state index < -0.39 is 23.8 Å². The number of ketones is 1. The molecule has 1 atom stereocenters. The lowest BCUT2D eigenvalue weighted by molar-refractivity contribution is -0.165. The molecule has 1 aromatic rings. The first-order valence-electron chi connectivity index (χ1n) is 10.3. The molecule has 6 nitrogen and oxygen atoms in total. The molecule has 168 valence electrons. The molecular formula is C22H25F3N2O4. The van der Waals surface area contributed by atoms with Crippen molar-refractivity contribution in [1.29, 1.82) is 0 Å². The van der Waals surface area contributed by atoms with Gasteiger partial charge >= 0.3 is 12.1 Å². The highest BCUT2D eigenvalue weighted by Gasteiger charge is 2.36. The van der Waals surface area contributed by atoms with Gasteiger partial charge in [0.1, 0.15) is 0 Å². The largest absolute Gasteiger partial charge is 0.455 e. The highest BCUT2D eigenvalue weighted by molar-refractivity contribution is 5.94. The van der Waals surface area contributed by atoms with Gasteiger partial charge < -0.3 is 15.0 Å². The second-order valence-electron chi connectivity index (χ2n) is 7.81. The fourth-order valence-corrected chi connectivity index (χ4v) is 3.95. The molecule has 1 aliphatic heterocycles. The molecule has 1 amide bonds. The van der Waals surface area contributed by atoms with Crippen LogP contribution in [0.5, 0.6) is 0 Å². The lowest BCUT2D eigenvalue weighted by Crippen LogP contribution is -2.37. The Morgan fingerprint density at radius 1 is 1.13 bits per heavy atom. The summed E-state index contributed by atoms with van der Waals surface area (Å²) in [7, 11) is 0. The molecule has 2 aliphatic rings. The van der Waals surface area contributed by atoms with Gasteiger partial charge in [0.2, 0.25) is 0 Å². The van der Waals surface area contributed by atoms with Crippen molar-refractivity contribution in [2.24, 2.45) is 5.92 Å². The molecule has 0 spiro atoms. The summed E-state index contributed by atoms with van der Waals surface area (Å²) >= 11 is 0. The number of nitrogens with zero attached hydrogens (tertiary/aromatic N) is 1. The fraction of sp³-hybridized carbons (Fsp3) is 0.500. The van der Waals surface area contributed by atoms with Crippen LogP contribution >= 0.6 is 0 Å². The predicted octanol–water partition coefficient (Wildman–Crippen LogP) is 3.08. The van der Waals surface area contributed by atoms with E-state index >= 15 is 0 Å². The van der Waals surface area contributed by atoms with Crippen molar-refractivity contribution in [3.05, 3.63) is 47.7 Å². The number of likely N-dealkylation sites (tertiary alicyclic amines) is 1. The minimum Gasteiger partial charge on any atom is -0.455 e. The van der Waals surface area contributed by atoms with Crippen LogP contribution in [-0.4, -0.2) is 48.4 Å². The van der Waals surface area contributed by atoms with Gasteiger partial charge in [-0.3, -0.25) is 14.4 Å². The minimum absolute atomic E-state index is 0.0920. The second kappa shape index (κ2) is 9.98. The van der Waals surface area contributed by atoms with E-state index in [1.54, 1.807) is 4.90 Å². The third-order valence-electron chi connectivity index (χ3n) is 5.63. The fourth-order valence-electron chi connectivity index (χ4n) is 3.95. The van der Waals surface area contributed by atoms with Crippen LogP contribution in [0.15, 0.2) is 36.5 Å². The summed E-state index contributed by atoms with van der Waals surface area (Å²) < 4.78 is 41.8. The number of carbonyl (C=O) groups is 3. The van der Waals surface area contributed by atoms with Crippen molar-refractivity contribution in [2.45, 2.75) is 44.3 Å². The van der Waals surface area contributed by atoms with Gasteiger partial charge in [-0.1, -0.05) is 24.3 Å². The summed E-state index contributed by atoms with van der Waals surface area (Å²) in [5.41, 5.74) is 2.31. The van der Waals surface area contributed by atoms with Gasteiger partial charge in [-0.15, -0.1) is 0 Å².